The zero-order chi connectivity index (χ0) is 12.7. The number of esters is 1. The van der Waals surface area contributed by atoms with Crippen LogP contribution in [0.15, 0.2) is 18.3 Å². The standard InChI is InChI=1S/C13H20N2O2/c1-3-17-13(16)7-6-12(14)8-11-5-4-10(2)15-9-11/h4-5,9,12H,3,6-8,14H2,1-2H3. The van der Waals surface area contributed by atoms with E-state index in [0.717, 1.165) is 17.7 Å². The van der Waals surface area contributed by atoms with Crippen molar-refractivity contribution in [2.45, 2.75) is 39.2 Å². The van der Waals surface area contributed by atoms with Gasteiger partial charge < -0.3 is 10.5 Å². The van der Waals surface area contributed by atoms with Gasteiger partial charge in [0, 0.05) is 24.4 Å². The Morgan fingerprint density at radius 2 is 2.29 bits per heavy atom. The van der Waals surface area contributed by atoms with Crippen LogP contribution >= 0.6 is 0 Å². The zero-order valence-electron chi connectivity index (χ0n) is 10.5. The molecule has 4 nitrogen and oxygen atoms in total. The molecule has 2 N–H and O–H groups in total. The van der Waals surface area contributed by atoms with Crippen LogP contribution in [0, 0.1) is 6.92 Å². The third-order valence-corrected chi connectivity index (χ3v) is 2.50. The Kier molecular flexibility index (Phi) is 5.63. The highest BCUT2D eigenvalue weighted by atomic mass is 16.5. The largest absolute Gasteiger partial charge is 0.466 e. The molecule has 0 spiro atoms. The SMILES string of the molecule is CCOC(=O)CCC(N)Cc1ccc(C)nc1. The molecule has 0 amide bonds. The minimum Gasteiger partial charge on any atom is -0.466 e. The van der Waals surface area contributed by atoms with Gasteiger partial charge in [0.25, 0.3) is 0 Å². The predicted molar refractivity (Wildman–Crippen MR) is 66.5 cm³/mol. The Balaban J connectivity index is 2.31. The minimum absolute atomic E-state index is 0.0242. The molecule has 1 rings (SSSR count). The monoisotopic (exact) mass is 236 g/mol. The molecule has 0 aliphatic heterocycles. The van der Waals surface area contributed by atoms with Crippen LogP contribution in [0.1, 0.15) is 31.0 Å². The van der Waals surface area contributed by atoms with E-state index >= 15 is 0 Å². The maximum atomic E-state index is 11.2. The first kappa shape index (κ1) is 13.6. The number of nitrogens with two attached hydrogens (primary N) is 1. The summed E-state index contributed by atoms with van der Waals surface area (Å²) >= 11 is 0. The molecule has 94 valence electrons. The highest BCUT2D eigenvalue weighted by Crippen LogP contribution is 2.06. The van der Waals surface area contributed by atoms with Crippen molar-refractivity contribution in [3.05, 3.63) is 29.6 Å². The summed E-state index contributed by atoms with van der Waals surface area (Å²) in [5.74, 6) is -0.176. The second kappa shape index (κ2) is 7.01. The lowest BCUT2D eigenvalue weighted by Gasteiger charge is -2.10. The van der Waals surface area contributed by atoms with Crippen LogP contribution in [0.5, 0.6) is 0 Å². The summed E-state index contributed by atoms with van der Waals surface area (Å²) in [6, 6.07) is 3.96. The Labute approximate surface area is 102 Å². The fourth-order valence-electron chi connectivity index (χ4n) is 1.56. The molecule has 1 aromatic heterocycles. The van der Waals surface area contributed by atoms with Crippen molar-refractivity contribution in [1.29, 1.82) is 0 Å². The Hall–Kier alpha value is -1.42. The third kappa shape index (κ3) is 5.45. The first-order chi connectivity index (χ1) is 8.11. The van der Waals surface area contributed by atoms with Gasteiger partial charge in [-0.3, -0.25) is 9.78 Å². The molecule has 0 saturated carbocycles. The summed E-state index contributed by atoms with van der Waals surface area (Å²) in [5, 5.41) is 0. The van der Waals surface area contributed by atoms with Crippen molar-refractivity contribution >= 4 is 5.97 Å². The van der Waals surface area contributed by atoms with Crippen LogP contribution in [0.2, 0.25) is 0 Å². The second-order valence-corrected chi connectivity index (χ2v) is 4.12. The van der Waals surface area contributed by atoms with Crippen LogP contribution in [0.3, 0.4) is 0 Å². The Bertz CT molecular complexity index is 349. The van der Waals surface area contributed by atoms with E-state index in [0.29, 0.717) is 19.4 Å². The molecule has 17 heavy (non-hydrogen) atoms. The first-order valence-electron chi connectivity index (χ1n) is 5.94. The molecule has 0 bridgehead atoms. The summed E-state index contributed by atoms with van der Waals surface area (Å²) in [5.41, 5.74) is 8.05. The van der Waals surface area contributed by atoms with Crippen molar-refractivity contribution in [1.82, 2.24) is 4.98 Å². The molecule has 4 heteroatoms. The highest BCUT2D eigenvalue weighted by molar-refractivity contribution is 5.69. The van der Waals surface area contributed by atoms with Crippen molar-refractivity contribution in [3.63, 3.8) is 0 Å². The van der Waals surface area contributed by atoms with Gasteiger partial charge in [0.1, 0.15) is 0 Å². The number of rotatable bonds is 6. The highest BCUT2D eigenvalue weighted by Gasteiger charge is 2.08. The fraction of sp³-hybridized carbons (Fsp3) is 0.538. The summed E-state index contributed by atoms with van der Waals surface area (Å²) < 4.78 is 4.85. The summed E-state index contributed by atoms with van der Waals surface area (Å²) in [7, 11) is 0. The van der Waals surface area contributed by atoms with Crippen LogP contribution in [0.25, 0.3) is 0 Å². The number of hydrogen-bond donors (Lipinski definition) is 1. The Morgan fingerprint density at radius 3 is 2.88 bits per heavy atom. The van der Waals surface area contributed by atoms with E-state index in [1.165, 1.54) is 0 Å². The van der Waals surface area contributed by atoms with E-state index in [-0.39, 0.29) is 12.0 Å². The van der Waals surface area contributed by atoms with Crippen LogP contribution in [0.4, 0.5) is 0 Å². The van der Waals surface area contributed by atoms with Gasteiger partial charge >= 0.3 is 5.97 Å². The number of nitrogens with zero attached hydrogens (tertiary/aromatic N) is 1. The first-order valence-corrected chi connectivity index (χ1v) is 5.94. The molecule has 0 aliphatic rings. The molecule has 1 atom stereocenters. The fourth-order valence-corrected chi connectivity index (χ4v) is 1.56. The maximum Gasteiger partial charge on any atom is 0.305 e. The lowest BCUT2D eigenvalue weighted by Crippen LogP contribution is -2.24. The van der Waals surface area contributed by atoms with Gasteiger partial charge in [0.05, 0.1) is 6.61 Å². The third-order valence-electron chi connectivity index (χ3n) is 2.50. The number of carbonyl (C=O) groups is 1. The number of aryl methyl sites for hydroxylation is 1. The average molecular weight is 236 g/mol. The van der Waals surface area contributed by atoms with Crippen molar-refractivity contribution in [2.75, 3.05) is 6.61 Å². The van der Waals surface area contributed by atoms with E-state index in [1.807, 2.05) is 25.3 Å². The van der Waals surface area contributed by atoms with Crippen LogP contribution in [-0.2, 0) is 16.0 Å². The molecule has 0 radical (unpaired) electrons. The second-order valence-electron chi connectivity index (χ2n) is 4.12. The van der Waals surface area contributed by atoms with E-state index in [4.69, 9.17) is 10.5 Å². The summed E-state index contributed by atoms with van der Waals surface area (Å²) in [6.07, 6.45) is 3.60. The molecule has 0 aliphatic carbocycles. The van der Waals surface area contributed by atoms with Gasteiger partial charge in [-0.2, -0.15) is 0 Å². The Morgan fingerprint density at radius 1 is 1.53 bits per heavy atom. The maximum absolute atomic E-state index is 11.2. The molecule has 0 fully saturated rings. The number of hydrogen-bond acceptors (Lipinski definition) is 4. The van der Waals surface area contributed by atoms with Crippen molar-refractivity contribution in [3.8, 4) is 0 Å². The lowest BCUT2D eigenvalue weighted by molar-refractivity contribution is -0.143. The normalized spacial score (nSPS) is 12.2. The van der Waals surface area contributed by atoms with Gasteiger partial charge in [0.15, 0.2) is 0 Å². The van der Waals surface area contributed by atoms with Gasteiger partial charge in [-0.1, -0.05) is 6.07 Å². The van der Waals surface area contributed by atoms with E-state index < -0.39 is 0 Å². The molecule has 1 heterocycles. The molecule has 1 aromatic rings. The summed E-state index contributed by atoms with van der Waals surface area (Å²) in [4.78, 5) is 15.4. The smallest absolute Gasteiger partial charge is 0.305 e. The quantitative estimate of drug-likeness (QED) is 0.762. The van der Waals surface area contributed by atoms with Gasteiger partial charge in [-0.05, 0) is 38.3 Å². The van der Waals surface area contributed by atoms with E-state index in [2.05, 4.69) is 4.98 Å². The average Bonchev–Trinajstić information content (AvgIpc) is 2.30. The molecular formula is C13H20N2O2. The predicted octanol–water partition coefficient (Wildman–Crippen LogP) is 1.60. The van der Waals surface area contributed by atoms with Gasteiger partial charge in [0.2, 0.25) is 0 Å². The number of carbonyl (C=O) groups excluding carboxylic acids is 1. The van der Waals surface area contributed by atoms with Crippen molar-refractivity contribution < 1.29 is 9.53 Å². The molecule has 0 saturated heterocycles. The lowest BCUT2D eigenvalue weighted by atomic mass is 10.0. The molecule has 1 unspecified atom stereocenters. The van der Waals surface area contributed by atoms with E-state index in [9.17, 15) is 4.79 Å². The van der Waals surface area contributed by atoms with Gasteiger partial charge in [-0.25, -0.2) is 0 Å². The molecular weight excluding hydrogens is 216 g/mol. The number of ether oxygens (including phenoxy) is 1. The van der Waals surface area contributed by atoms with Gasteiger partial charge in [-0.15, -0.1) is 0 Å². The number of aromatic nitrogens is 1. The van der Waals surface area contributed by atoms with Crippen molar-refractivity contribution in [2.24, 2.45) is 5.73 Å². The van der Waals surface area contributed by atoms with E-state index in [1.54, 1.807) is 6.92 Å². The topological polar surface area (TPSA) is 65.2 Å². The zero-order valence-corrected chi connectivity index (χ0v) is 10.5. The number of pyridine rings is 1. The minimum atomic E-state index is -0.176. The summed E-state index contributed by atoms with van der Waals surface area (Å²) in [6.45, 7) is 4.18. The van der Waals surface area contributed by atoms with Crippen LogP contribution in [-0.4, -0.2) is 23.6 Å². The van der Waals surface area contributed by atoms with Crippen LogP contribution < -0.4 is 5.73 Å². The molecule has 0 aromatic carbocycles.